The SMILES string of the molecule is COc1ccc2c(c1)C(=O)C(=O)N2CCC1CC1. The van der Waals surface area contributed by atoms with Gasteiger partial charge in [0.2, 0.25) is 0 Å². The number of Topliss-reactive ketones (excluding diaryl/α,β-unsaturated/α-hetero) is 1. The smallest absolute Gasteiger partial charge is 0.299 e. The Kier molecular flexibility index (Phi) is 2.58. The van der Waals surface area contributed by atoms with Crippen molar-refractivity contribution in [3.8, 4) is 5.75 Å². The summed E-state index contributed by atoms with van der Waals surface area (Å²) in [5.74, 6) is 0.535. The maximum Gasteiger partial charge on any atom is 0.299 e. The lowest BCUT2D eigenvalue weighted by Crippen LogP contribution is -2.30. The van der Waals surface area contributed by atoms with E-state index in [1.54, 1.807) is 30.2 Å². The minimum atomic E-state index is -0.417. The van der Waals surface area contributed by atoms with Gasteiger partial charge in [0.05, 0.1) is 18.4 Å². The summed E-state index contributed by atoms with van der Waals surface area (Å²) in [6.07, 6.45) is 3.50. The Balaban J connectivity index is 1.88. The van der Waals surface area contributed by atoms with Gasteiger partial charge in [0.1, 0.15) is 5.75 Å². The number of nitrogens with zero attached hydrogens (tertiary/aromatic N) is 1. The minimum Gasteiger partial charge on any atom is -0.497 e. The quantitative estimate of drug-likeness (QED) is 0.762. The molecule has 18 heavy (non-hydrogen) atoms. The summed E-state index contributed by atoms with van der Waals surface area (Å²) < 4.78 is 5.08. The Morgan fingerprint density at radius 1 is 1.33 bits per heavy atom. The summed E-state index contributed by atoms with van der Waals surface area (Å²) in [6.45, 7) is 0.647. The standard InChI is InChI=1S/C14H15NO3/c1-18-10-4-5-12-11(8-10)13(16)14(17)15(12)7-6-9-2-3-9/h4-5,8-9H,2-3,6-7H2,1H3. The molecule has 0 N–H and O–H groups in total. The molecule has 0 atom stereocenters. The van der Waals surface area contributed by atoms with E-state index in [1.165, 1.54) is 12.8 Å². The third-order valence-electron chi connectivity index (χ3n) is 3.64. The van der Waals surface area contributed by atoms with Crippen LogP contribution in [0.2, 0.25) is 0 Å². The first-order chi connectivity index (χ1) is 8.70. The highest BCUT2D eigenvalue weighted by Gasteiger charge is 2.36. The number of amides is 1. The van der Waals surface area contributed by atoms with Crippen LogP contribution in [0.4, 0.5) is 5.69 Å². The number of hydrogen-bond donors (Lipinski definition) is 0. The fourth-order valence-electron chi connectivity index (χ4n) is 2.35. The van der Waals surface area contributed by atoms with Gasteiger partial charge in [-0.3, -0.25) is 9.59 Å². The highest BCUT2D eigenvalue weighted by atomic mass is 16.5. The number of hydrogen-bond acceptors (Lipinski definition) is 3. The van der Waals surface area contributed by atoms with Gasteiger partial charge >= 0.3 is 0 Å². The molecule has 1 heterocycles. The Morgan fingerprint density at radius 3 is 2.78 bits per heavy atom. The van der Waals surface area contributed by atoms with Gasteiger partial charge in [-0.2, -0.15) is 0 Å². The highest BCUT2D eigenvalue weighted by Crippen LogP contribution is 2.36. The van der Waals surface area contributed by atoms with Crippen LogP contribution < -0.4 is 9.64 Å². The summed E-state index contributed by atoms with van der Waals surface area (Å²) in [5.41, 5.74) is 1.20. The van der Waals surface area contributed by atoms with Crippen molar-refractivity contribution in [3.63, 3.8) is 0 Å². The second-order valence-corrected chi connectivity index (χ2v) is 4.90. The summed E-state index contributed by atoms with van der Waals surface area (Å²) in [6, 6.07) is 5.23. The molecule has 1 aliphatic heterocycles. The lowest BCUT2D eigenvalue weighted by Gasteiger charge is -2.16. The molecule has 0 spiro atoms. The molecule has 1 saturated carbocycles. The molecule has 1 aromatic rings. The van der Waals surface area contributed by atoms with Crippen LogP contribution in [0.1, 0.15) is 29.6 Å². The molecule has 3 rings (SSSR count). The van der Waals surface area contributed by atoms with Crippen molar-refractivity contribution >= 4 is 17.4 Å². The van der Waals surface area contributed by atoms with Crippen LogP contribution >= 0.6 is 0 Å². The van der Waals surface area contributed by atoms with Crippen molar-refractivity contribution in [2.24, 2.45) is 5.92 Å². The molecule has 94 valence electrons. The van der Waals surface area contributed by atoms with E-state index in [0.717, 1.165) is 18.0 Å². The zero-order valence-electron chi connectivity index (χ0n) is 10.3. The van der Waals surface area contributed by atoms with Crippen molar-refractivity contribution in [2.75, 3.05) is 18.6 Å². The van der Waals surface area contributed by atoms with Gasteiger partial charge in [0, 0.05) is 6.54 Å². The van der Waals surface area contributed by atoms with Gasteiger partial charge in [-0.25, -0.2) is 0 Å². The lowest BCUT2D eigenvalue weighted by molar-refractivity contribution is -0.114. The topological polar surface area (TPSA) is 46.6 Å². The van der Waals surface area contributed by atoms with Crippen molar-refractivity contribution in [1.29, 1.82) is 0 Å². The van der Waals surface area contributed by atoms with Gasteiger partial charge in [-0.15, -0.1) is 0 Å². The Hall–Kier alpha value is -1.84. The van der Waals surface area contributed by atoms with Crippen LogP contribution in [-0.4, -0.2) is 25.3 Å². The third-order valence-corrected chi connectivity index (χ3v) is 3.64. The van der Waals surface area contributed by atoms with Crippen molar-refractivity contribution in [1.82, 2.24) is 0 Å². The molecule has 1 amide bonds. The predicted molar refractivity (Wildman–Crippen MR) is 67.0 cm³/mol. The number of carbonyl (C=O) groups is 2. The van der Waals surface area contributed by atoms with E-state index in [2.05, 4.69) is 0 Å². The first-order valence-corrected chi connectivity index (χ1v) is 6.25. The van der Waals surface area contributed by atoms with E-state index >= 15 is 0 Å². The van der Waals surface area contributed by atoms with Crippen molar-refractivity contribution in [3.05, 3.63) is 23.8 Å². The maximum atomic E-state index is 11.9. The number of anilines is 1. The maximum absolute atomic E-state index is 11.9. The number of fused-ring (bicyclic) bond motifs is 1. The van der Waals surface area contributed by atoms with Crippen LogP contribution in [0.15, 0.2) is 18.2 Å². The first kappa shape index (κ1) is 11.3. The third kappa shape index (κ3) is 1.78. The molecule has 4 nitrogen and oxygen atoms in total. The van der Waals surface area contributed by atoms with E-state index < -0.39 is 11.7 Å². The molecule has 0 unspecified atom stereocenters. The summed E-state index contributed by atoms with van der Waals surface area (Å²) in [5, 5.41) is 0. The van der Waals surface area contributed by atoms with Gasteiger partial charge < -0.3 is 9.64 Å². The molecule has 4 heteroatoms. The van der Waals surface area contributed by atoms with Crippen LogP contribution in [0, 0.1) is 5.92 Å². The number of ether oxygens (including phenoxy) is 1. The second kappa shape index (κ2) is 4.12. The average Bonchev–Trinajstić information content (AvgIpc) is 3.18. The first-order valence-electron chi connectivity index (χ1n) is 6.25. The minimum absolute atomic E-state index is 0.404. The summed E-state index contributed by atoms with van der Waals surface area (Å²) in [4.78, 5) is 25.4. The molecule has 1 aromatic carbocycles. The van der Waals surface area contributed by atoms with Crippen LogP contribution in [0.3, 0.4) is 0 Å². The number of rotatable bonds is 4. The number of carbonyl (C=O) groups excluding carboxylic acids is 2. The van der Waals surface area contributed by atoms with Crippen LogP contribution in [0.5, 0.6) is 5.75 Å². The number of methoxy groups -OCH3 is 1. The Labute approximate surface area is 106 Å². The van der Waals surface area contributed by atoms with E-state index in [1.807, 2.05) is 0 Å². The van der Waals surface area contributed by atoms with Gasteiger partial charge in [-0.1, -0.05) is 12.8 Å². The molecule has 1 aliphatic carbocycles. The van der Waals surface area contributed by atoms with Gasteiger partial charge in [0.25, 0.3) is 11.7 Å². The Morgan fingerprint density at radius 2 is 2.11 bits per heavy atom. The largest absolute Gasteiger partial charge is 0.497 e. The zero-order chi connectivity index (χ0) is 12.7. The molecule has 0 bridgehead atoms. The fraction of sp³-hybridized carbons (Fsp3) is 0.429. The van der Waals surface area contributed by atoms with Gasteiger partial charge in [-0.05, 0) is 30.5 Å². The summed E-state index contributed by atoms with van der Waals surface area (Å²) >= 11 is 0. The average molecular weight is 245 g/mol. The van der Waals surface area contributed by atoms with E-state index in [9.17, 15) is 9.59 Å². The predicted octanol–water partition coefficient (Wildman–Crippen LogP) is 2.02. The zero-order valence-corrected chi connectivity index (χ0v) is 10.3. The second-order valence-electron chi connectivity index (χ2n) is 4.90. The Bertz CT molecular complexity index is 520. The lowest BCUT2D eigenvalue weighted by atomic mass is 10.1. The van der Waals surface area contributed by atoms with E-state index in [-0.39, 0.29) is 0 Å². The van der Waals surface area contributed by atoms with Gasteiger partial charge in [0.15, 0.2) is 0 Å². The molecule has 0 aromatic heterocycles. The fourth-order valence-corrected chi connectivity index (χ4v) is 2.35. The van der Waals surface area contributed by atoms with Crippen molar-refractivity contribution < 1.29 is 14.3 Å². The number of ketones is 1. The molecule has 0 saturated heterocycles. The van der Waals surface area contributed by atoms with Crippen LogP contribution in [-0.2, 0) is 4.79 Å². The van der Waals surface area contributed by atoms with E-state index in [0.29, 0.717) is 17.9 Å². The molecular formula is C14H15NO3. The van der Waals surface area contributed by atoms with E-state index in [4.69, 9.17) is 4.74 Å². The molecular weight excluding hydrogens is 230 g/mol. The molecule has 1 fully saturated rings. The monoisotopic (exact) mass is 245 g/mol. The highest BCUT2D eigenvalue weighted by molar-refractivity contribution is 6.52. The summed E-state index contributed by atoms with van der Waals surface area (Å²) in [7, 11) is 1.55. The normalized spacial score (nSPS) is 18.2. The molecule has 0 radical (unpaired) electrons. The molecule has 2 aliphatic rings. The van der Waals surface area contributed by atoms with Crippen LogP contribution in [0.25, 0.3) is 0 Å². The van der Waals surface area contributed by atoms with Crippen molar-refractivity contribution in [2.45, 2.75) is 19.3 Å². The number of benzene rings is 1.